The summed E-state index contributed by atoms with van der Waals surface area (Å²) in [6.07, 6.45) is 0. The molecule has 4 heteroatoms. The predicted molar refractivity (Wildman–Crippen MR) is 79.4 cm³/mol. The second kappa shape index (κ2) is 6.59. The van der Waals surface area contributed by atoms with E-state index in [1.807, 2.05) is 42.5 Å². The van der Waals surface area contributed by atoms with Crippen LogP contribution in [0.1, 0.15) is 11.1 Å². The molecule has 3 nitrogen and oxygen atoms in total. The molecule has 0 aliphatic heterocycles. The van der Waals surface area contributed by atoms with E-state index < -0.39 is 0 Å². The minimum atomic E-state index is 0.523. The van der Waals surface area contributed by atoms with Crippen molar-refractivity contribution in [1.29, 1.82) is 0 Å². The van der Waals surface area contributed by atoms with Gasteiger partial charge in [0.05, 0.1) is 11.6 Å². The minimum absolute atomic E-state index is 0.523. The molecule has 100 valence electrons. The maximum absolute atomic E-state index is 5.73. The van der Waals surface area contributed by atoms with E-state index in [-0.39, 0.29) is 0 Å². The maximum Gasteiger partial charge on any atom is 0.136 e. The van der Waals surface area contributed by atoms with Gasteiger partial charge in [0.2, 0.25) is 0 Å². The highest BCUT2D eigenvalue weighted by Gasteiger charge is 2.03. The Kier molecular flexibility index (Phi) is 4.82. The molecule has 2 N–H and O–H groups in total. The van der Waals surface area contributed by atoms with Crippen LogP contribution in [0, 0.1) is 0 Å². The maximum atomic E-state index is 5.73. The van der Waals surface area contributed by atoms with Crippen LogP contribution >= 0.6 is 15.9 Å². The summed E-state index contributed by atoms with van der Waals surface area (Å²) in [4.78, 5) is 0. The summed E-state index contributed by atoms with van der Waals surface area (Å²) in [6.45, 7) is 1.08. The second-order valence-electron chi connectivity index (χ2n) is 4.11. The number of hydrogen-bond acceptors (Lipinski definition) is 3. The lowest BCUT2D eigenvalue weighted by molar-refractivity contribution is 0.303. The zero-order valence-electron chi connectivity index (χ0n) is 10.7. The average molecular weight is 322 g/mol. The van der Waals surface area contributed by atoms with Gasteiger partial charge in [-0.1, -0.05) is 24.3 Å². The van der Waals surface area contributed by atoms with E-state index in [9.17, 15) is 0 Å². The first-order chi connectivity index (χ1) is 9.22. The molecule has 0 saturated heterocycles. The van der Waals surface area contributed by atoms with E-state index in [0.29, 0.717) is 13.2 Å². The van der Waals surface area contributed by atoms with Crippen LogP contribution in [0.15, 0.2) is 46.9 Å². The van der Waals surface area contributed by atoms with Crippen molar-refractivity contribution in [2.24, 2.45) is 5.73 Å². The Morgan fingerprint density at radius 3 is 2.37 bits per heavy atom. The van der Waals surface area contributed by atoms with E-state index in [0.717, 1.165) is 27.1 Å². The zero-order chi connectivity index (χ0) is 13.7. The van der Waals surface area contributed by atoms with Gasteiger partial charge in [-0.2, -0.15) is 0 Å². The highest BCUT2D eigenvalue weighted by atomic mass is 79.9. The quantitative estimate of drug-likeness (QED) is 0.916. The number of methoxy groups -OCH3 is 1. The van der Waals surface area contributed by atoms with Crippen molar-refractivity contribution in [3.63, 3.8) is 0 Å². The zero-order valence-corrected chi connectivity index (χ0v) is 12.3. The third-order valence-electron chi connectivity index (χ3n) is 2.79. The van der Waals surface area contributed by atoms with Crippen molar-refractivity contribution in [2.45, 2.75) is 13.2 Å². The molecule has 0 aliphatic carbocycles. The molecule has 0 unspecified atom stereocenters. The molecule has 0 fully saturated rings. The Bertz CT molecular complexity index is 540. The van der Waals surface area contributed by atoms with E-state index in [1.165, 1.54) is 0 Å². The largest absolute Gasteiger partial charge is 0.495 e. The molecule has 0 heterocycles. The molecule has 0 aliphatic rings. The van der Waals surface area contributed by atoms with Crippen LogP contribution in [0.4, 0.5) is 0 Å². The fourth-order valence-corrected chi connectivity index (χ4v) is 2.08. The third-order valence-corrected chi connectivity index (χ3v) is 3.44. The molecule has 0 aromatic heterocycles. The monoisotopic (exact) mass is 321 g/mol. The summed E-state index contributed by atoms with van der Waals surface area (Å²) in [7, 11) is 1.63. The van der Waals surface area contributed by atoms with Crippen LogP contribution in [-0.4, -0.2) is 7.11 Å². The smallest absolute Gasteiger partial charge is 0.136 e. The Balaban J connectivity index is 2.01. The van der Waals surface area contributed by atoms with Gasteiger partial charge in [0, 0.05) is 12.6 Å². The van der Waals surface area contributed by atoms with Crippen LogP contribution in [0.2, 0.25) is 0 Å². The number of ether oxygens (including phenoxy) is 2. The predicted octanol–water partition coefficient (Wildman–Crippen LogP) is 3.50. The lowest BCUT2D eigenvalue weighted by Crippen LogP contribution is -1.98. The summed E-state index contributed by atoms with van der Waals surface area (Å²) < 4.78 is 11.9. The normalized spacial score (nSPS) is 10.3. The second-order valence-corrected chi connectivity index (χ2v) is 4.96. The summed E-state index contributed by atoms with van der Waals surface area (Å²) in [6, 6.07) is 13.8. The molecule has 2 aromatic rings. The van der Waals surface area contributed by atoms with E-state index in [1.54, 1.807) is 7.11 Å². The molecule has 0 radical (unpaired) electrons. The SMILES string of the molecule is COc1cc(OCc2ccc(CN)cc2)ccc1Br. The number of halogens is 1. The molecule has 2 rings (SSSR count). The number of benzene rings is 2. The van der Waals surface area contributed by atoms with Gasteiger partial charge in [0.25, 0.3) is 0 Å². The van der Waals surface area contributed by atoms with Crippen LogP contribution < -0.4 is 15.2 Å². The van der Waals surface area contributed by atoms with Gasteiger partial charge >= 0.3 is 0 Å². The Morgan fingerprint density at radius 1 is 1.05 bits per heavy atom. The van der Waals surface area contributed by atoms with Gasteiger partial charge in [-0.25, -0.2) is 0 Å². The Hall–Kier alpha value is -1.52. The summed E-state index contributed by atoms with van der Waals surface area (Å²) in [5, 5.41) is 0. The van der Waals surface area contributed by atoms with Gasteiger partial charge < -0.3 is 15.2 Å². The molecule has 0 saturated carbocycles. The minimum Gasteiger partial charge on any atom is -0.495 e. The highest BCUT2D eigenvalue weighted by molar-refractivity contribution is 9.10. The first-order valence-electron chi connectivity index (χ1n) is 5.97. The van der Waals surface area contributed by atoms with Gasteiger partial charge in [0.15, 0.2) is 0 Å². The van der Waals surface area contributed by atoms with Crippen molar-refractivity contribution in [3.05, 3.63) is 58.1 Å². The van der Waals surface area contributed by atoms with Crippen LogP contribution in [-0.2, 0) is 13.2 Å². The summed E-state index contributed by atoms with van der Waals surface area (Å²) >= 11 is 3.41. The van der Waals surface area contributed by atoms with Crippen molar-refractivity contribution in [3.8, 4) is 11.5 Å². The third kappa shape index (κ3) is 3.72. The molecule has 19 heavy (non-hydrogen) atoms. The van der Waals surface area contributed by atoms with Gasteiger partial charge in [-0.05, 0) is 39.2 Å². The Labute approximate surface area is 121 Å². The van der Waals surface area contributed by atoms with Crippen molar-refractivity contribution >= 4 is 15.9 Å². The first-order valence-corrected chi connectivity index (χ1v) is 6.76. The molecule has 0 atom stereocenters. The van der Waals surface area contributed by atoms with E-state index in [4.69, 9.17) is 15.2 Å². The summed E-state index contributed by atoms with van der Waals surface area (Å²) in [5.41, 5.74) is 7.79. The highest BCUT2D eigenvalue weighted by Crippen LogP contribution is 2.29. The van der Waals surface area contributed by atoms with Crippen LogP contribution in [0.3, 0.4) is 0 Å². The molecular weight excluding hydrogens is 306 g/mol. The Morgan fingerprint density at radius 2 is 1.74 bits per heavy atom. The first kappa shape index (κ1) is 13.9. The van der Waals surface area contributed by atoms with E-state index >= 15 is 0 Å². The van der Waals surface area contributed by atoms with Gasteiger partial charge in [0.1, 0.15) is 18.1 Å². The van der Waals surface area contributed by atoms with Crippen LogP contribution in [0.25, 0.3) is 0 Å². The number of rotatable bonds is 5. The van der Waals surface area contributed by atoms with Crippen molar-refractivity contribution < 1.29 is 9.47 Å². The van der Waals surface area contributed by atoms with Crippen molar-refractivity contribution in [2.75, 3.05) is 7.11 Å². The standard InChI is InChI=1S/C15H16BrNO2/c1-18-15-8-13(6-7-14(15)16)19-10-12-4-2-11(9-17)3-5-12/h2-8H,9-10,17H2,1H3. The molecule has 0 spiro atoms. The molecule has 0 bridgehead atoms. The van der Waals surface area contributed by atoms with Crippen molar-refractivity contribution in [1.82, 2.24) is 0 Å². The number of nitrogens with two attached hydrogens (primary N) is 1. The molecular formula is C15H16BrNO2. The van der Waals surface area contributed by atoms with Crippen LogP contribution in [0.5, 0.6) is 11.5 Å². The topological polar surface area (TPSA) is 44.5 Å². The van der Waals surface area contributed by atoms with Gasteiger partial charge in [-0.15, -0.1) is 0 Å². The molecule has 0 amide bonds. The molecule has 2 aromatic carbocycles. The van der Waals surface area contributed by atoms with E-state index in [2.05, 4.69) is 15.9 Å². The number of hydrogen-bond donors (Lipinski definition) is 1. The fraction of sp³-hybridized carbons (Fsp3) is 0.200. The lowest BCUT2D eigenvalue weighted by Gasteiger charge is -2.09. The summed E-state index contributed by atoms with van der Waals surface area (Å²) in [5.74, 6) is 1.54. The fourth-order valence-electron chi connectivity index (χ4n) is 1.67. The van der Waals surface area contributed by atoms with Gasteiger partial charge in [-0.3, -0.25) is 0 Å². The lowest BCUT2D eigenvalue weighted by atomic mass is 10.1. The average Bonchev–Trinajstić information content (AvgIpc) is 2.47.